The van der Waals surface area contributed by atoms with Crippen molar-refractivity contribution in [2.24, 2.45) is 0 Å². The number of hydrogen-bond donors (Lipinski definition) is 2. The number of nitrogens with zero attached hydrogens (tertiary/aromatic N) is 3. The number of aromatic nitrogens is 3. The van der Waals surface area contributed by atoms with E-state index in [1.54, 1.807) is 6.20 Å². The third-order valence-corrected chi connectivity index (χ3v) is 2.95. The van der Waals surface area contributed by atoms with Gasteiger partial charge in [0.15, 0.2) is 11.6 Å². The first-order chi connectivity index (χ1) is 8.79. The molecule has 0 aliphatic carbocycles. The zero-order chi connectivity index (χ0) is 12.8. The van der Waals surface area contributed by atoms with E-state index in [1.165, 1.54) is 11.3 Å². The first-order valence-corrected chi connectivity index (χ1v) is 6.56. The van der Waals surface area contributed by atoms with Crippen LogP contribution in [0.3, 0.4) is 0 Å². The second kappa shape index (κ2) is 6.25. The van der Waals surface area contributed by atoms with Crippen LogP contribution < -0.4 is 10.6 Å². The van der Waals surface area contributed by atoms with Gasteiger partial charge in [-0.3, -0.25) is 0 Å². The number of thiazole rings is 1. The van der Waals surface area contributed by atoms with E-state index in [-0.39, 0.29) is 5.82 Å². The number of rotatable bonds is 6. The second-order valence-corrected chi connectivity index (χ2v) is 4.58. The normalized spacial score (nSPS) is 10.3. The molecule has 2 rings (SSSR count). The number of hydrogen-bond acceptors (Lipinski definition) is 6. The van der Waals surface area contributed by atoms with E-state index >= 15 is 0 Å². The van der Waals surface area contributed by atoms with E-state index in [4.69, 9.17) is 0 Å². The maximum atomic E-state index is 13.5. The monoisotopic (exact) mass is 267 g/mol. The number of halogens is 1. The summed E-state index contributed by atoms with van der Waals surface area (Å²) in [5.74, 6) is 0.160. The van der Waals surface area contributed by atoms with Crippen molar-refractivity contribution < 1.29 is 4.39 Å². The lowest BCUT2D eigenvalue weighted by atomic mass is 10.5. The van der Waals surface area contributed by atoms with Gasteiger partial charge in [0.05, 0.1) is 12.7 Å². The average Bonchev–Trinajstić information content (AvgIpc) is 2.89. The number of nitrogens with one attached hydrogen (secondary N) is 2. The van der Waals surface area contributed by atoms with Gasteiger partial charge in [-0.05, 0) is 6.42 Å². The maximum Gasteiger partial charge on any atom is 0.224 e. The molecule has 0 atom stereocenters. The van der Waals surface area contributed by atoms with Crippen LogP contribution in [0, 0.1) is 5.82 Å². The Morgan fingerprint density at radius 3 is 2.94 bits per heavy atom. The fraction of sp³-hybridized carbons (Fsp3) is 0.364. The Bertz CT molecular complexity index is 488. The van der Waals surface area contributed by atoms with Crippen molar-refractivity contribution in [3.8, 4) is 0 Å². The standard InChI is InChI=1S/C11H14FN5S/c1-2-3-14-11-16-6-8(12)10(17-11)15-7-9-13-4-5-18-9/h4-6H,2-3,7H2,1H3,(H2,14,15,16,17). The van der Waals surface area contributed by atoms with Gasteiger partial charge < -0.3 is 10.6 Å². The van der Waals surface area contributed by atoms with Gasteiger partial charge >= 0.3 is 0 Å². The maximum absolute atomic E-state index is 13.5. The molecule has 0 bridgehead atoms. The molecule has 0 unspecified atom stereocenters. The first kappa shape index (κ1) is 12.7. The topological polar surface area (TPSA) is 62.7 Å². The van der Waals surface area contributed by atoms with Gasteiger partial charge in [-0.25, -0.2) is 14.4 Å². The van der Waals surface area contributed by atoms with E-state index in [9.17, 15) is 4.39 Å². The van der Waals surface area contributed by atoms with E-state index in [0.717, 1.165) is 24.2 Å². The molecule has 0 aromatic carbocycles. The molecule has 7 heteroatoms. The zero-order valence-corrected chi connectivity index (χ0v) is 10.8. The van der Waals surface area contributed by atoms with E-state index in [2.05, 4.69) is 25.6 Å². The SMILES string of the molecule is CCCNc1ncc(F)c(NCc2nccs2)n1. The molecule has 5 nitrogen and oxygen atoms in total. The van der Waals surface area contributed by atoms with Crippen molar-refractivity contribution in [3.63, 3.8) is 0 Å². The van der Waals surface area contributed by atoms with Crippen molar-refractivity contribution in [2.45, 2.75) is 19.9 Å². The molecule has 0 spiro atoms. The van der Waals surface area contributed by atoms with Crippen LogP contribution in [0.25, 0.3) is 0 Å². The molecule has 0 aliphatic rings. The molecule has 0 saturated carbocycles. The highest BCUT2D eigenvalue weighted by atomic mass is 32.1. The Kier molecular flexibility index (Phi) is 4.40. The Balaban J connectivity index is 2.01. The number of anilines is 2. The van der Waals surface area contributed by atoms with Gasteiger partial charge in [-0.2, -0.15) is 4.98 Å². The predicted molar refractivity (Wildman–Crippen MR) is 70.2 cm³/mol. The van der Waals surface area contributed by atoms with E-state index in [1.807, 2.05) is 12.3 Å². The molecule has 2 N–H and O–H groups in total. The van der Waals surface area contributed by atoms with Crippen molar-refractivity contribution in [3.05, 3.63) is 28.6 Å². The van der Waals surface area contributed by atoms with Crippen molar-refractivity contribution in [1.29, 1.82) is 0 Å². The van der Waals surface area contributed by atoms with E-state index in [0.29, 0.717) is 12.5 Å². The minimum absolute atomic E-state index is 0.193. The van der Waals surface area contributed by atoms with Crippen LogP contribution in [0.15, 0.2) is 17.8 Å². The second-order valence-electron chi connectivity index (χ2n) is 3.60. The Morgan fingerprint density at radius 2 is 2.22 bits per heavy atom. The van der Waals surface area contributed by atoms with Crippen molar-refractivity contribution in [1.82, 2.24) is 15.0 Å². The predicted octanol–water partition coefficient (Wildman–Crippen LogP) is 2.51. The van der Waals surface area contributed by atoms with Gasteiger partial charge in [-0.15, -0.1) is 11.3 Å². The molecular weight excluding hydrogens is 253 g/mol. The Morgan fingerprint density at radius 1 is 1.33 bits per heavy atom. The summed E-state index contributed by atoms with van der Waals surface area (Å²) < 4.78 is 13.5. The van der Waals surface area contributed by atoms with Crippen molar-refractivity contribution in [2.75, 3.05) is 17.2 Å². The van der Waals surface area contributed by atoms with Crippen LogP contribution in [0.5, 0.6) is 0 Å². The van der Waals surface area contributed by atoms with Crippen molar-refractivity contribution >= 4 is 23.1 Å². The Labute approximate surface area is 109 Å². The summed E-state index contributed by atoms with van der Waals surface area (Å²) in [7, 11) is 0. The fourth-order valence-electron chi connectivity index (χ4n) is 1.31. The lowest BCUT2D eigenvalue weighted by Gasteiger charge is -2.07. The van der Waals surface area contributed by atoms with E-state index < -0.39 is 5.82 Å². The molecule has 0 fully saturated rings. The highest BCUT2D eigenvalue weighted by Crippen LogP contribution is 2.14. The molecule has 0 aliphatic heterocycles. The van der Waals surface area contributed by atoms with Crippen LogP contribution in [0.1, 0.15) is 18.4 Å². The van der Waals surface area contributed by atoms with Gasteiger partial charge in [0.1, 0.15) is 5.01 Å². The summed E-state index contributed by atoms with van der Waals surface area (Å²) in [6.45, 7) is 3.26. The van der Waals surface area contributed by atoms with Gasteiger partial charge in [0.25, 0.3) is 0 Å². The first-order valence-electron chi connectivity index (χ1n) is 5.68. The van der Waals surface area contributed by atoms with Crippen LogP contribution in [0.2, 0.25) is 0 Å². The lowest BCUT2D eigenvalue weighted by Crippen LogP contribution is -2.09. The Hall–Kier alpha value is -1.76. The molecule has 0 radical (unpaired) electrons. The summed E-state index contributed by atoms with van der Waals surface area (Å²) in [5.41, 5.74) is 0. The molecule has 18 heavy (non-hydrogen) atoms. The van der Waals surface area contributed by atoms with Crippen LogP contribution in [-0.4, -0.2) is 21.5 Å². The average molecular weight is 267 g/mol. The van der Waals surface area contributed by atoms with Gasteiger partial charge in [0, 0.05) is 18.1 Å². The lowest BCUT2D eigenvalue weighted by molar-refractivity contribution is 0.617. The largest absolute Gasteiger partial charge is 0.361 e. The summed E-state index contributed by atoms with van der Waals surface area (Å²) in [6, 6.07) is 0. The quantitative estimate of drug-likeness (QED) is 0.842. The summed E-state index contributed by atoms with van der Waals surface area (Å²) in [4.78, 5) is 12.1. The molecule has 0 amide bonds. The van der Waals surface area contributed by atoms with Gasteiger partial charge in [0.2, 0.25) is 5.95 Å². The summed E-state index contributed by atoms with van der Waals surface area (Å²) >= 11 is 1.51. The molecular formula is C11H14FN5S. The minimum atomic E-state index is -0.464. The third-order valence-electron chi connectivity index (χ3n) is 2.17. The van der Waals surface area contributed by atoms with Crippen LogP contribution in [0.4, 0.5) is 16.2 Å². The molecule has 96 valence electrons. The molecule has 2 aromatic rings. The van der Waals surface area contributed by atoms with Gasteiger partial charge in [-0.1, -0.05) is 6.92 Å². The van der Waals surface area contributed by atoms with Crippen LogP contribution in [-0.2, 0) is 6.54 Å². The van der Waals surface area contributed by atoms with Crippen LogP contribution >= 0.6 is 11.3 Å². The molecule has 0 saturated heterocycles. The molecule has 2 heterocycles. The third kappa shape index (κ3) is 3.36. The highest BCUT2D eigenvalue weighted by Gasteiger charge is 2.06. The summed E-state index contributed by atoms with van der Waals surface area (Å²) in [6.07, 6.45) is 3.84. The smallest absolute Gasteiger partial charge is 0.224 e. The summed E-state index contributed by atoms with van der Waals surface area (Å²) in [5, 5.41) is 8.69. The highest BCUT2D eigenvalue weighted by molar-refractivity contribution is 7.09. The minimum Gasteiger partial charge on any atom is -0.361 e. The molecule has 2 aromatic heterocycles. The zero-order valence-electron chi connectivity index (χ0n) is 9.98. The fourth-order valence-corrected chi connectivity index (χ4v) is 1.87.